The Morgan fingerprint density at radius 3 is 1.46 bits per heavy atom. The molecule has 0 bridgehead atoms. The second kappa shape index (κ2) is 21.4. The Morgan fingerprint density at radius 1 is 0.757 bits per heavy atom. The minimum Gasteiger partial charge on any atom is -0.481 e. The molecule has 0 aliphatic heterocycles. The standard InChI is InChI=1S/C23H47N3O11/c24-21(2-1-3-22(33)34)4-26(25)14-23(15-35-11-18(5-27)6-28,16-36-12-19(7-29)8-30)17-37-13-20(9-31)10-32/h4,18-20,27-32H,1-3,5-17,24-25H2,(H,33,34)/b21-4-. The summed E-state index contributed by atoms with van der Waals surface area (Å²) in [4.78, 5) is 10.7. The van der Waals surface area contributed by atoms with Crippen molar-refractivity contribution in [1.82, 2.24) is 5.01 Å². The maximum Gasteiger partial charge on any atom is 0.303 e. The Balaban J connectivity index is 5.65. The lowest BCUT2D eigenvalue weighted by Crippen LogP contribution is -2.49. The number of nitrogens with two attached hydrogens (primary N) is 2. The van der Waals surface area contributed by atoms with E-state index in [-0.39, 0.29) is 92.2 Å². The summed E-state index contributed by atoms with van der Waals surface area (Å²) < 4.78 is 17.4. The number of aliphatic carboxylic acids is 1. The highest BCUT2D eigenvalue weighted by Crippen LogP contribution is 2.23. The van der Waals surface area contributed by atoms with Crippen molar-refractivity contribution in [3.63, 3.8) is 0 Å². The van der Waals surface area contributed by atoms with Crippen LogP contribution in [0.2, 0.25) is 0 Å². The summed E-state index contributed by atoms with van der Waals surface area (Å²) in [7, 11) is 0. The van der Waals surface area contributed by atoms with E-state index in [2.05, 4.69) is 0 Å². The van der Waals surface area contributed by atoms with Gasteiger partial charge in [0.2, 0.25) is 0 Å². The molecule has 0 saturated heterocycles. The molecular formula is C23H47N3O11. The van der Waals surface area contributed by atoms with Crippen LogP contribution in [0.4, 0.5) is 0 Å². The number of aliphatic hydroxyl groups excluding tert-OH is 6. The molecule has 0 saturated carbocycles. The summed E-state index contributed by atoms with van der Waals surface area (Å²) in [5, 5.41) is 66.2. The van der Waals surface area contributed by atoms with E-state index in [1.54, 1.807) is 0 Å². The van der Waals surface area contributed by atoms with E-state index in [4.69, 9.17) is 30.9 Å². The van der Waals surface area contributed by atoms with Crippen molar-refractivity contribution in [3.8, 4) is 0 Å². The summed E-state index contributed by atoms with van der Waals surface area (Å²) in [6.45, 7) is -1.44. The number of ether oxygens (including phenoxy) is 3. The molecule has 14 nitrogen and oxygen atoms in total. The lowest BCUT2D eigenvalue weighted by molar-refractivity contribution is -0.137. The first-order chi connectivity index (χ1) is 17.7. The van der Waals surface area contributed by atoms with E-state index in [1.807, 2.05) is 0 Å². The molecule has 0 aromatic rings. The van der Waals surface area contributed by atoms with Crippen LogP contribution in [0.1, 0.15) is 19.3 Å². The number of carboxylic acid groups (broad SMARTS) is 1. The molecule has 0 aromatic heterocycles. The number of hydrazine groups is 1. The molecule has 0 atom stereocenters. The maximum absolute atomic E-state index is 10.7. The maximum atomic E-state index is 10.7. The number of hydrogen-bond acceptors (Lipinski definition) is 13. The number of allylic oxidation sites excluding steroid dienone is 1. The predicted molar refractivity (Wildman–Crippen MR) is 133 cm³/mol. The molecule has 14 heteroatoms. The van der Waals surface area contributed by atoms with E-state index in [1.165, 1.54) is 11.2 Å². The smallest absolute Gasteiger partial charge is 0.303 e. The van der Waals surface area contributed by atoms with Gasteiger partial charge in [-0.15, -0.1) is 0 Å². The lowest BCUT2D eigenvalue weighted by Gasteiger charge is -2.37. The van der Waals surface area contributed by atoms with Crippen LogP contribution in [-0.2, 0) is 19.0 Å². The topological polar surface area (TPSA) is 242 Å². The summed E-state index contributed by atoms with van der Waals surface area (Å²) in [5.41, 5.74) is 5.41. The Morgan fingerprint density at radius 2 is 1.14 bits per heavy atom. The molecule has 11 N–H and O–H groups in total. The van der Waals surface area contributed by atoms with E-state index < -0.39 is 29.1 Å². The van der Waals surface area contributed by atoms with Crippen LogP contribution in [0.3, 0.4) is 0 Å². The van der Waals surface area contributed by atoms with Gasteiger partial charge in [-0.05, 0) is 12.8 Å². The van der Waals surface area contributed by atoms with E-state index >= 15 is 0 Å². The molecule has 0 heterocycles. The van der Waals surface area contributed by atoms with E-state index in [0.29, 0.717) is 18.5 Å². The third kappa shape index (κ3) is 16.8. The molecule has 220 valence electrons. The van der Waals surface area contributed by atoms with Gasteiger partial charge in [0.05, 0.1) is 84.7 Å². The van der Waals surface area contributed by atoms with Crippen LogP contribution in [-0.4, -0.2) is 133 Å². The molecule has 0 spiro atoms. The molecule has 0 fully saturated rings. The zero-order chi connectivity index (χ0) is 28.1. The predicted octanol–water partition coefficient (Wildman–Crippen LogP) is -2.94. The van der Waals surface area contributed by atoms with Crippen molar-refractivity contribution in [2.45, 2.75) is 19.3 Å². The Labute approximate surface area is 218 Å². The minimum atomic E-state index is -0.951. The largest absolute Gasteiger partial charge is 0.481 e. The Bertz CT molecular complexity index is 555. The van der Waals surface area contributed by atoms with E-state index in [0.717, 1.165) is 0 Å². The van der Waals surface area contributed by atoms with Gasteiger partial charge in [0, 0.05) is 42.6 Å². The van der Waals surface area contributed by atoms with Crippen LogP contribution < -0.4 is 11.6 Å². The number of aliphatic hydroxyl groups is 6. The number of carbonyl (C=O) groups is 1. The zero-order valence-electron chi connectivity index (χ0n) is 21.5. The van der Waals surface area contributed by atoms with Crippen molar-refractivity contribution >= 4 is 5.97 Å². The Hall–Kier alpha value is -1.59. The average Bonchev–Trinajstić information content (AvgIpc) is 2.86. The van der Waals surface area contributed by atoms with Gasteiger partial charge in [0.15, 0.2) is 0 Å². The summed E-state index contributed by atoms with van der Waals surface area (Å²) in [6.07, 6.45) is 2.08. The minimum absolute atomic E-state index is 0.00971. The number of carboxylic acids is 1. The first kappa shape index (κ1) is 35.4. The van der Waals surface area contributed by atoms with Crippen molar-refractivity contribution in [2.24, 2.45) is 34.7 Å². The molecule has 0 aliphatic rings. The molecular weight excluding hydrogens is 494 g/mol. The lowest BCUT2D eigenvalue weighted by atomic mass is 9.90. The quantitative estimate of drug-likeness (QED) is 0.0415. The molecule has 0 rings (SSSR count). The highest BCUT2D eigenvalue weighted by Gasteiger charge is 2.34. The molecule has 0 unspecified atom stereocenters. The highest BCUT2D eigenvalue weighted by atomic mass is 16.5. The number of nitrogens with zero attached hydrogens (tertiary/aromatic N) is 1. The third-order valence-electron chi connectivity index (χ3n) is 5.54. The third-order valence-corrected chi connectivity index (χ3v) is 5.54. The molecule has 37 heavy (non-hydrogen) atoms. The fourth-order valence-corrected chi connectivity index (χ4v) is 3.23. The first-order valence-electron chi connectivity index (χ1n) is 12.3. The zero-order valence-corrected chi connectivity index (χ0v) is 21.5. The average molecular weight is 542 g/mol. The number of hydrogen-bond donors (Lipinski definition) is 9. The molecule has 0 radical (unpaired) electrons. The van der Waals surface area contributed by atoms with E-state index in [9.17, 15) is 35.4 Å². The van der Waals surface area contributed by atoms with Gasteiger partial charge in [-0.25, -0.2) is 5.84 Å². The monoisotopic (exact) mass is 541 g/mol. The molecule has 0 aliphatic carbocycles. The van der Waals surface area contributed by atoms with Crippen molar-refractivity contribution < 1.29 is 54.8 Å². The highest BCUT2D eigenvalue weighted by molar-refractivity contribution is 5.66. The van der Waals surface area contributed by atoms with Crippen LogP contribution >= 0.6 is 0 Å². The fraction of sp³-hybridized carbons (Fsp3) is 0.870. The fourth-order valence-electron chi connectivity index (χ4n) is 3.23. The van der Waals surface area contributed by atoms with Gasteiger partial charge in [0.25, 0.3) is 0 Å². The van der Waals surface area contributed by atoms with Crippen LogP contribution in [0, 0.1) is 23.2 Å². The normalized spacial score (nSPS) is 12.8. The summed E-state index contributed by atoms with van der Waals surface area (Å²) >= 11 is 0. The van der Waals surface area contributed by atoms with Gasteiger partial charge in [-0.2, -0.15) is 0 Å². The number of rotatable bonds is 25. The van der Waals surface area contributed by atoms with Crippen LogP contribution in [0.5, 0.6) is 0 Å². The summed E-state index contributed by atoms with van der Waals surface area (Å²) in [6, 6.07) is 0. The first-order valence-corrected chi connectivity index (χ1v) is 12.3. The van der Waals surface area contributed by atoms with Crippen molar-refractivity contribution in [2.75, 3.05) is 85.8 Å². The van der Waals surface area contributed by atoms with Gasteiger partial charge in [0.1, 0.15) is 0 Å². The van der Waals surface area contributed by atoms with Gasteiger partial charge in [-0.3, -0.25) is 4.79 Å². The van der Waals surface area contributed by atoms with Crippen LogP contribution in [0.15, 0.2) is 11.9 Å². The van der Waals surface area contributed by atoms with Gasteiger partial charge >= 0.3 is 5.97 Å². The van der Waals surface area contributed by atoms with Crippen molar-refractivity contribution in [1.29, 1.82) is 0 Å². The molecule has 0 amide bonds. The van der Waals surface area contributed by atoms with Gasteiger partial charge in [-0.1, -0.05) is 0 Å². The summed E-state index contributed by atoms with van der Waals surface area (Å²) in [5.74, 6) is 3.77. The van der Waals surface area contributed by atoms with Crippen LogP contribution in [0.25, 0.3) is 0 Å². The van der Waals surface area contributed by atoms with Gasteiger partial charge < -0.3 is 60.7 Å². The van der Waals surface area contributed by atoms with Crippen molar-refractivity contribution in [3.05, 3.63) is 11.9 Å². The Kier molecular flexibility index (Phi) is 20.4. The second-order valence-corrected chi connectivity index (χ2v) is 9.36. The second-order valence-electron chi connectivity index (χ2n) is 9.36. The molecule has 0 aromatic carbocycles. The SMILES string of the molecule is N/C(=C\N(N)CC(COCC(CO)CO)(COCC(CO)CO)COCC(CO)CO)CCCC(=O)O.